The Morgan fingerprint density at radius 2 is 1.44 bits per heavy atom. The van der Waals surface area contributed by atoms with E-state index in [1.807, 2.05) is 60.7 Å². The van der Waals surface area contributed by atoms with Gasteiger partial charge >= 0.3 is 0 Å². The standard InChI is InChI=1S/C24H25NO2/c1-19(21-8-4-2-5-9-21)16-17-25-24(26)18-20-12-14-23(15-13-20)27-22-10-6-3-7-11-22/h2-15,19H,16-18H2,1H3,(H,25,26). The Hall–Kier alpha value is -3.07. The van der Waals surface area contributed by atoms with Crippen LogP contribution in [0.15, 0.2) is 84.9 Å². The van der Waals surface area contributed by atoms with Crippen molar-refractivity contribution >= 4 is 5.91 Å². The topological polar surface area (TPSA) is 38.3 Å². The van der Waals surface area contributed by atoms with Gasteiger partial charge in [0.15, 0.2) is 0 Å². The summed E-state index contributed by atoms with van der Waals surface area (Å²) in [4.78, 5) is 12.2. The highest BCUT2D eigenvalue weighted by Crippen LogP contribution is 2.21. The number of amides is 1. The van der Waals surface area contributed by atoms with Crippen molar-refractivity contribution in [3.63, 3.8) is 0 Å². The van der Waals surface area contributed by atoms with Crippen molar-refractivity contribution in [2.24, 2.45) is 0 Å². The van der Waals surface area contributed by atoms with Gasteiger partial charge < -0.3 is 10.1 Å². The molecule has 0 radical (unpaired) electrons. The molecular weight excluding hydrogens is 334 g/mol. The van der Waals surface area contributed by atoms with E-state index in [0.29, 0.717) is 18.9 Å². The molecule has 0 aromatic heterocycles. The minimum Gasteiger partial charge on any atom is -0.457 e. The normalized spacial score (nSPS) is 11.6. The van der Waals surface area contributed by atoms with Crippen LogP contribution in [-0.4, -0.2) is 12.5 Å². The highest BCUT2D eigenvalue weighted by molar-refractivity contribution is 5.78. The lowest BCUT2D eigenvalue weighted by Crippen LogP contribution is -2.26. The van der Waals surface area contributed by atoms with Gasteiger partial charge in [-0.25, -0.2) is 0 Å². The van der Waals surface area contributed by atoms with Crippen molar-refractivity contribution in [2.75, 3.05) is 6.54 Å². The van der Waals surface area contributed by atoms with Gasteiger partial charge in [-0.15, -0.1) is 0 Å². The molecule has 0 heterocycles. The van der Waals surface area contributed by atoms with E-state index in [2.05, 4.69) is 36.5 Å². The summed E-state index contributed by atoms with van der Waals surface area (Å²) in [5, 5.41) is 3.02. The SMILES string of the molecule is CC(CCNC(=O)Cc1ccc(Oc2ccccc2)cc1)c1ccccc1. The first-order chi connectivity index (χ1) is 13.2. The molecule has 1 amide bonds. The van der Waals surface area contributed by atoms with E-state index in [-0.39, 0.29) is 5.91 Å². The van der Waals surface area contributed by atoms with Gasteiger partial charge in [-0.3, -0.25) is 4.79 Å². The fourth-order valence-corrected chi connectivity index (χ4v) is 2.92. The molecule has 0 saturated heterocycles. The molecule has 27 heavy (non-hydrogen) atoms. The van der Waals surface area contributed by atoms with Crippen molar-refractivity contribution in [3.8, 4) is 11.5 Å². The van der Waals surface area contributed by atoms with E-state index in [1.165, 1.54) is 5.56 Å². The van der Waals surface area contributed by atoms with Crippen LogP contribution >= 0.6 is 0 Å². The monoisotopic (exact) mass is 359 g/mol. The van der Waals surface area contributed by atoms with Gasteiger partial charge in [0.1, 0.15) is 11.5 Å². The highest BCUT2D eigenvalue weighted by Gasteiger charge is 2.07. The maximum atomic E-state index is 12.2. The fourth-order valence-electron chi connectivity index (χ4n) is 2.92. The smallest absolute Gasteiger partial charge is 0.224 e. The summed E-state index contributed by atoms with van der Waals surface area (Å²) < 4.78 is 5.77. The minimum atomic E-state index is 0.0481. The summed E-state index contributed by atoms with van der Waals surface area (Å²) in [5.41, 5.74) is 2.28. The summed E-state index contributed by atoms with van der Waals surface area (Å²) in [5.74, 6) is 2.05. The molecule has 3 aromatic carbocycles. The van der Waals surface area contributed by atoms with Gasteiger partial charge in [0, 0.05) is 6.54 Å². The number of carbonyl (C=O) groups excluding carboxylic acids is 1. The van der Waals surface area contributed by atoms with E-state index < -0.39 is 0 Å². The molecule has 1 atom stereocenters. The first-order valence-corrected chi connectivity index (χ1v) is 9.34. The average Bonchev–Trinajstić information content (AvgIpc) is 2.71. The second-order valence-electron chi connectivity index (χ2n) is 6.69. The first kappa shape index (κ1) is 18.7. The zero-order chi connectivity index (χ0) is 18.9. The largest absolute Gasteiger partial charge is 0.457 e. The predicted molar refractivity (Wildman–Crippen MR) is 109 cm³/mol. The number of rotatable bonds is 8. The molecule has 0 fully saturated rings. The van der Waals surface area contributed by atoms with Crippen molar-refractivity contribution in [1.29, 1.82) is 0 Å². The van der Waals surface area contributed by atoms with Crippen LogP contribution in [0.1, 0.15) is 30.4 Å². The number of hydrogen-bond acceptors (Lipinski definition) is 2. The van der Waals surface area contributed by atoms with Crippen LogP contribution in [0.2, 0.25) is 0 Å². The van der Waals surface area contributed by atoms with Crippen LogP contribution < -0.4 is 10.1 Å². The van der Waals surface area contributed by atoms with Gasteiger partial charge in [-0.2, -0.15) is 0 Å². The number of ether oxygens (including phenoxy) is 1. The molecule has 0 bridgehead atoms. The maximum Gasteiger partial charge on any atom is 0.224 e. The molecule has 3 heteroatoms. The van der Waals surface area contributed by atoms with Gasteiger partial charge in [0.05, 0.1) is 6.42 Å². The van der Waals surface area contributed by atoms with Crippen LogP contribution in [-0.2, 0) is 11.2 Å². The van der Waals surface area contributed by atoms with Crippen molar-refractivity contribution in [3.05, 3.63) is 96.1 Å². The van der Waals surface area contributed by atoms with E-state index in [1.54, 1.807) is 0 Å². The Balaban J connectivity index is 1.42. The zero-order valence-electron chi connectivity index (χ0n) is 15.6. The summed E-state index contributed by atoms with van der Waals surface area (Å²) in [6, 6.07) is 27.7. The molecule has 1 N–H and O–H groups in total. The van der Waals surface area contributed by atoms with Crippen LogP contribution in [0.3, 0.4) is 0 Å². The Morgan fingerprint density at radius 1 is 0.852 bits per heavy atom. The molecule has 0 spiro atoms. The van der Waals surface area contributed by atoms with Crippen LogP contribution in [0.4, 0.5) is 0 Å². The molecule has 0 aliphatic carbocycles. The summed E-state index contributed by atoms with van der Waals surface area (Å²) >= 11 is 0. The van der Waals surface area contributed by atoms with E-state index in [4.69, 9.17) is 4.74 Å². The highest BCUT2D eigenvalue weighted by atomic mass is 16.5. The summed E-state index contributed by atoms with van der Waals surface area (Å²) in [7, 11) is 0. The Bertz CT molecular complexity index is 829. The maximum absolute atomic E-state index is 12.2. The zero-order valence-corrected chi connectivity index (χ0v) is 15.6. The number of para-hydroxylation sites is 1. The van der Waals surface area contributed by atoms with Gasteiger partial charge in [0.25, 0.3) is 0 Å². The molecule has 3 nitrogen and oxygen atoms in total. The molecule has 0 saturated carbocycles. The van der Waals surface area contributed by atoms with Crippen molar-refractivity contribution < 1.29 is 9.53 Å². The van der Waals surface area contributed by atoms with Crippen LogP contribution in [0, 0.1) is 0 Å². The quantitative estimate of drug-likeness (QED) is 0.590. The molecule has 0 aliphatic heterocycles. The molecule has 1 unspecified atom stereocenters. The Morgan fingerprint density at radius 3 is 2.11 bits per heavy atom. The Kier molecular flexibility index (Phi) is 6.64. The minimum absolute atomic E-state index is 0.0481. The van der Waals surface area contributed by atoms with Gasteiger partial charge in [-0.05, 0) is 47.7 Å². The third kappa shape index (κ3) is 6.00. The van der Waals surface area contributed by atoms with Crippen LogP contribution in [0.25, 0.3) is 0 Å². The molecule has 138 valence electrons. The lowest BCUT2D eigenvalue weighted by atomic mass is 9.98. The molecule has 3 aromatic rings. The second kappa shape index (κ2) is 9.58. The predicted octanol–water partition coefficient (Wildman–Crippen LogP) is 5.33. The molecular formula is C24H25NO2. The van der Waals surface area contributed by atoms with Crippen molar-refractivity contribution in [2.45, 2.75) is 25.7 Å². The fraction of sp³-hybridized carbons (Fsp3) is 0.208. The number of hydrogen-bond donors (Lipinski definition) is 1. The summed E-state index contributed by atoms with van der Waals surface area (Å²) in [6.07, 6.45) is 1.31. The lowest BCUT2D eigenvalue weighted by molar-refractivity contribution is -0.120. The third-order valence-electron chi connectivity index (χ3n) is 4.54. The molecule has 0 aliphatic rings. The summed E-state index contributed by atoms with van der Waals surface area (Å²) in [6.45, 7) is 2.87. The first-order valence-electron chi connectivity index (χ1n) is 9.34. The van der Waals surface area contributed by atoms with Crippen molar-refractivity contribution in [1.82, 2.24) is 5.32 Å². The Labute approximate surface area is 161 Å². The molecule has 3 rings (SSSR count). The number of nitrogens with one attached hydrogen (secondary N) is 1. The second-order valence-corrected chi connectivity index (χ2v) is 6.69. The van der Waals surface area contributed by atoms with E-state index in [0.717, 1.165) is 23.5 Å². The van der Waals surface area contributed by atoms with E-state index in [9.17, 15) is 4.79 Å². The third-order valence-corrected chi connectivity index (χ3v) is 4.54. The van der Waals surface area contributed by atoms with Gasteiger partial charge in [0.2, 0.25) is 5.91 Å². The number of carbonyl (C=O) groups is 1. The van der Waals surface area contributed by atoms with Crippen LogP contribution in [0.5, 0.6) is 11.5 Å². The number of benzene rings is 3. The lowest BCUT2D eigenvalue weighted by Gasteiger charge is -2.12. The van der Waals surface area contributed by atoms with Gasteiger partial charge in [-0.1, -0.05) is 67.6 Å². The average molecular weight is 359 g/mol. The van der Waals surface area contributed by atoms with E-state index >= 15 is 0 Å².